The van der Waals surface area contributed by atoms with Gasteiger partial charge in [0.15, 0.2) is 23.3 Å². The third kappa shape index (κ3) is 7.34. The van der Waals surface area contributed by atoms with Gasteiger partial charge < -0.3 is 5.32 Å². The van der Waals surface area contributed by atoms with E-state index in [2.05, 4.69) is 67.7 Å². The van der Waals surface area contributed by atoms with Crippen LogP contribution in [0.4, 0.5) is 52.7 Å². The van der Waals surface area contributed by atoms with E-state index in [-0.39, 0.29) is 48.5 Å². The van der Waals surface area contributed by atoms with Gasteiger partial charge in [0, 0.05) is 11.1 Å². The maximum atomic E-state index is 15.3. The Morgan fingerprint density at radius 3 is 0.852 bits per heavy atom. The molecule has 0 aliphatic carbocycles. The molecule has 2 N–H and O–H groups in total. The second kappa shape index (κ2) is 16.3. The standard InChI is InChI=1S/C24H8BF12.C16H19N/c26-9-1-5-13(30)21(34)17(9)25(18-10(27)2-6-14(31)22(18)35,19-11(28)3-7-15(32)23(19)36)20-12(29)4-8-16(33)24(20)37;1-13-7-3-5-9-15(13)11-17-12-16-10-6-4-8-14(16)2/h1-8H;3-10,17H,11-12H2,1-2H3/q-1;/p+1. The average Bonchev–Trinajstić information content (AvgIpc) is 3.13. The minimum Gasteiger partial charge on any atom is -0.339 e. The summed E-state index contributed by atoms with van der Waals surface area (Å²) in [4.78, 5) is 0. The highest BCUT2D eigenvalue weighted by Gasteiger charge is 2.48. The summed E-state index contributed by atoms with van der Waals surface area (Å²) in [5.41, 5.74) is -2.94. The van der Waals surface area contributed by atoms with Gasteiger partial charge in [-0.15, -0.1) is 21.9 Å². The molecule has 6 aromatic carbocycles. The fourth-order valence-corrected chi connectivity index (χ4v) is 6.69. The molecule has 6 rings (SSSR count). The van der Waals surface area contributed by atoms with Gasteiger partial charge in [0.25, 0.3) is 0 Å². The van der Waals surface area contributed by atoms with Crippen molar-refractivity contribution in [2.24, 2.45) is 0 Å². The van der Waals surface area contributed by atoms with Gasteiger partial charge in [0.2, 0.25) is 0 Å². The van der Waals surface area contributed by atoms with Crippen molar-refractivity contribution in [1.29, 1.82) is 0 Å². The second-order valence-electron chi connectivity index (χ2n) is 12.4. The van der Waals surface area contributed by atoms with Crippen LogP contribution in [0.5, 0.6) is 0 Å². The molecule has 0 unspecified atom stereocenters. The zero-order valence-electron chi connectivity index (χ0n) is 28.3. The molecule has 0 saturated carbocycles. The molecule has 0 aliphatic heterocycles. The lowest BCUT2D eigenvalue weighted by Gasteiger charge is -2.44. The summed E-state index contributed by atoms with van der Waals surface area (Å²) in [6.07, 6.45) is -5.46. The summed E-state index contributed by atoms with van der Waals surface area (Å²) in [6.45, 7) is 6.47. The number of hydrogen-bond donors (Lipinski definition) is 1. The summed E-state index contributed by atoms with van der Waals surface area (Å²) in [6, 6.07) is 17.8. The molecular formula is C40H28BF12N. The highest BCUT2D eigenvalue weighted by Crippen LogP contribution is 2.25. The Hall–Kier alpha value is -5.50. The first-order valence-electron chi connectivity index (χ1n) is 16.2. The molecule has 0 heterocycles. The van der Waals surface area contributed by atoms with Crippen molar-refractivity contribution in [3.05, 3.63) is 189 Å². The Kier molecular flexibility index (Phi) is 12.0. The van der Waals surface area contributed by atoms with Gasteiger partial charge in [0.1, 0.15) is 42.5 Å². The molecule has 0 amide bonds. The number of quaternary nitrogens is 1. The zero-order chi connectivity index (χ0) is 39.5. The molecule has 0 bridgehead atoms. The molecule has 280 valence electrons. The number of hydrogen-bond acceptors (Lipinski definition) is 0. The van der Waals surface area contributed by atoms with Crippen LogP contribution >= 0.6 is 0 Å². The van der Waals surface area contributed by atoms with Crippen molar-refractivity contribution in [1.82, 2.24) is 0 Å². The number of aryl methyl sites for hydroxylation is 2. The van der Waals surface area contributed by atoms with Gasteiger partial charge in [-0.3, -0.25) is 0 Å². The van der Waals surface area contributed by atoms with E-state index in [0.717, 1.165) is 13.1 Å². The largest absolute Gasteiger partial charge is 0.339 e. The zero-order valence-corrected chi connectivity index (χ0v) is 28.3. The predicted octanol–water partition coefficient (Wildman–Crippen LogP) is 7.30. The van der Waals surface area contributed by atoms with E-state index in [1.807, 2.05) is 0 Å². The van der Waals surface area contributed by atoms with Crippen LogP contribution < -0.4 is 27.2 Å². The molecule has 0 atom stereocenters. The molecule has 54 heavy (non-hydrogen) atoms. The number of benzene rings is 6. The smallest absolute Gasteiger partial charge is 0.155 e. The van der Waals surface area contributed by atoms with Crippen LogP contribution in [0.15, 0.2) is 97.1 Å². The van der Waals surface area contributed by atoms with E-state index in [9.17, 15) is 17.6 Å². The molecule has 1 nitrogen and oxygen atoms in total. The van der Waals surface area contributed by atoms with Crippen LogP contribution in [0.2, 0.25) is 0 Å². The number of nitrogens with two attached hydrogens (primary N) is 1. The highest BCUT2D eigenvalue weighted by molar-refractivity contribution is 7.20. The van der Waals surface area contributed by atoms with E-state index < -0.39 is 97.8 Å². The Labute approximate surface area is 301 Å². The van der Waals surface area contributed by atoms with Crippen molar-refractivity contribution >= 4 is 28.0 Å². The first kappa shape index (κ1) is 39.7. The third-order valence-corrected chi connectivity index (χ3v) is 9.30. The molecule has 0 spiro atoms. The number of halogens is 12. The van der Waals surface area contributed by atoms with Crippen LogP contribution in [0, 0.1) is 83.7 Å². The fourth-order valence-electron chi connectivity index (χ4n) is 6.69. The van der Waals surface area contributed by atoms with Crippen molar-refractivity contribution < 1.29 is 58.0 Å². The van der Waals surface area contributed by atoms with Gasteiger partial charge in [-0.05, 0) is 73.5 Å². The molecule has 0 aromatic heterocycles. The van der Waals surface area contributed by atoms with Gasteiger partial charge in [-0.2, -0.15) is 0 Å². The van der Waals surface area contributed by atoms with Crippen LogP contribution in [-0.2, 0) is 13.1 Å². The highest BCUT2D eigenvalue weighted by atomic mass is 19.2. The molecule has 0 aliphatic rings. The minimum atomic E-state index is -5.46. The van der Waals surface area contributed by atoms with Crippen LogP contribution in [0.3, 0.4) is 0 Å². The SMILES string of the molecule is Cc1ccccc1C[NH2+]Cc1ccccc1C.Fc1ccc(F)c([B-](c2c(F)ccc(F)c2F)(c2c(F)ccc(F)c2F)c2c(F)ccc(F)c2F)c1F. The lowest BCUT2D eigenvalue weighted by atomic mass is 9.12. The Bertz CT molecular complexity index is 2070. The van der Waals surface area contributed by atoms with Crippen molar-refractivity contribution in [3.63, 3.8) is 0 Å². The molecule has 0 saturated heterocycles. The van der Waals surface area contributed by atoms with Crippen molar-refractivity contribution in [2.75, 3.05) is 0 Å². The minimum absolute atomic E-state index is 0.0591. The van der Waals surface area contributed by atoms with E-state index in [0.29, 0.717) is 0 Å². The fraction of sp³-hybridized carbons (Fsp3) is 0.100. The quantitative estimate of drug-likeness (QED) is 0.0954. The summed E-state index contributed by atoms with van der Waals surface area (Å²) in [7, 11) is 0. The topological polar surface area (TPSA) is 16.6 Å². The maximum Gasteiger partial charge on any atom is 0.155 e. The molecule has 0 fully saturated rings. The van der Waals surface area contributed by atoms with Gasteiger partial charge in [-0.1, -0.05) is 48.5 Å². The Morgan fingerprint density at radius 2 is 0.593 bits per heavy atom. The van der Waals surface area contributed by atoms with Crippen LogP contribution in [0.25, 0.3) is 0 Å². The molecular weight excluding hydrogens is 733 g/mol. The lowest BCUT2D eigenvalue weighted by Crippen LogP contribution is -2.80. The second-order valence-corrected chi connectivity index (χ2v) is 12.4. The van der Waals surface area contributed by atoms with Gasteiger partial charge >= 0.3 is 0 Å². The van der Waals surface area contributed by atoms with Gasteiger partial charge in [-0.25, -0.2) is 52.7 Å². The normalized spacial score (nSPS) is 11.4. The van der Waals surface area contributed by atoms with E-state index in [4.69, 9.17) is 0 Å². The lowest BCUT2D eigenvalue weighted by molar-refractivity contribution is -0.686. The van der Waals surface area contributed by atoms with Crippen LogP contribution in [-0.4, -0.2) is 6.15 Å². The molecule has 14 heteroatoms. The Morgan fingerprint density at radius 1 is 0.352 bits per heavy atom. The van der Waals surface area contributed by atoms with Crippen molar-refractivity contribution in [2.45, 2.75) is 26.9 Å². The van der Waals surface area contributed by atoms with Crippen molar-refractivity contribution in [3.8, 4) is 0 Å². The summed E-state index contributed by atoms with van der Waals surface area (Å²) < 4.78 is 180. The van der Waals surface area contributed by atoms with E-state index in [1.165, 1.54) is 22.3 Å². The van der Waals surface area contributed by atoms with Gasteiger partial charge in [0.05, 0.1) is 23.3 Å². The third-order valence-electron chi connectivity index (χ3n) is 9.30. The predicted molar refractivity (Wildman–Crippen MR) is 181 cm³/mol. The summed E-state index contributed by atoms with van der Waals surface area (Å²) >= 11 is 0. The van der Waals surface area contributed by atoms with Crippen LogP contribution in [0.1, 0.15) is 22.3 Å². The average molecular weight is 761 g/mol. The molecule has 0 radical (unpaired) electrons. The first-order chi connectivity index (χ1) is 25.6. The Balaban J connectivity index is 0.000000274. The maximum absolute atomic E-state index is 15.3. The monoisotopic (exact) mass is 761 g/mol. The van der Waals surface area contributed by atoms with E-state index >= 15 is 35.1 Å². The van der Waals surface area contributed by atoms with E-state index in [1.54, 1.807) is 0 Å². The summed E-state index contributed by atoms with van der Waals surface area (Å²) in [5.74, 6) is -26.6. The first-order valence-corrected chi connectivity index (χ1v) is 16.2. The molecule has 6 aromatic rings. The number of rotatable bonds is 8. The summed E-state index contributed by atoms with van der Waals surface area (Å²) in [5, 5.41) is 2.37.